The first kappa shape index (κ1) is 24.8. The van der Waals surface area contributed by atoms with Crippen LogP contribution in [0.1, 0.15) is 64.7 Å². The van der Waals surface area contributed by atoms with Gasteiger partial charge in [0.05, 0.1) is 0 Å². The number of amides is 4. The number of nitrogens with zero attached hydrogens (tertiary/aromatic N) is 4. The average Bonchev–Trinajstić information content (AvgIpc) is 2.89. The Morgan fingerprint density at radius 2 is 1.71 bits per heavy atom. The van der Waals surface area contributed by atoms with Gasteiger partial charge in [-0.25, -0.2) is 4.79 Å². The van der Waals surface area contributed by atoms with Gasteiger partial charge in [-0.1, -0.05) is 6.92 Å². The molecule has 5 aliphatic heterocycles. The van der Waals surface area contributed by atoms with Crippen LogP contribution >= 0.6 is 0 Å². The summed E-state index contributed by atoms with van der Waals surface area (Å²) in [7, 11) is 0. The number of carbonyl (C=O) groups excluding carboxylic acids is 3. The fourth-order valence-electron chi connectivity index (χ4n) is 7.43. The summed E-state index contributed by atoms with van der Waals surface area (Å²) in [5.41, 5.74) is 0. The Labute approximate surface area is 210 Å². The zero-order chi connectivity index (χ0) is 24.4. The van der Waals surface area contributed by atoms with Crippen LogP contribution < -0.4 is 5.32 Å². The third kappa shape index (κ3) is 5.62. The zero-order valence-electron chi connectivity index (χ0n) is 21.6. The highest BCUT2D eigenvalue weighted by atomic mass is 16.2. The number of fused-ring (bicyclic) bond motifs is 4. The van der Waals surface area contributed by atoms with Gasteiger partial charge in [-0.2, -0.15) is 0 Å². The quantitative estimate of drug-likeness (QED) is 0.646. The first-order valence-corrected chi connectivity index (χ1v) is 14.3. The summed E-state index contributed by atoms with van der Waals surface area (Å²) < 4.78 is 0. The van der Waals surface area contributed by atoms with Gasteiger partial charge in [-0.3, -0.25) is 9.59 Å². The Hall–Kier alpha value is -1.83. The van der Waals surface area contributed by atoms with Gasteiger partial charge in [0.1, 0.15) is 0 Å². The molecular weight excluding hydrogens is 442 g/mol. The molecule has 5 heterocycles. The van der Waals surface area contributed by atoms with E-state index in [1.807, 2.05) is 4.90 Å². The van der Waals surface area contributed by atoms with Crippen LogP contribution in [0.2, 0.25) is 0 Å². The Kier molecular flexibility index (Phi) is 7.85. The van der Waals surface area contributed by atoms with E-state index < -0.39 is 0 Å². The van der Waals surface area contributed by atoms with Crippen molar-refractivity contribution in [2.45, 2.75) is 70.8 Å². The van der Waals surface area contributed by atoms with Gasteiger partial charge in [0.25, 0.3) is 0 Å². The van der Waals surface area contributed by atoms with E-state index in [9.17, 15) is 14.4 Å². The highest BCUT2D eigenvalue weighted by Crippen LogP contribution is 2.38. The molecule has 0 aliphatic carbocycles. The van der Waals surface area contributed by atoms with Crippen molar-refractivity contribution in [3.63, 3.8) is 0 Å². The molecule has 35 heavy (non-hydrogen) atoms. The van der Waals surface area contributed by atoms with Crippen molar-refractivity contribution in [1.29, 1.82) is 0 Å². The molecule has 0 aromatic carbocycles. The van der Waals surface area contributed by atoms with E-state index in [0.29, 0.717) is 43.3 Å². The number of hydrogen-bond acceptors (Lipinski definition) is 4. The summed E-state index contributed by atoms with van der Waals surface area (Å²) in [6.07, 6.45) is 9.02. The highest BCUT2D eigenvalue weighted by molar-refractivity contribution is 5.80. The summed E-state index contributed by atoms with van der Waals surface area (Å²) in [5, 5.41) is 3.19. The molecule has 5 saturated heterocycles. The molecule has 0 unspecified atom stereocenters. The minimum atomic E-state index is 0.0311. The van der Waals surface area contributed by atoms with Crippen LogP contribution in [0.15, 0.2) is 0 Å². The number of nitrogens with one attached hydrogen (secondary N) is 1. The van der Waals surface area contributed by atoms with Gasteiger partial charge >= 0.3 is 6.03 Å². The Bertz CT molecular complexity index is 775. The van der Waals surface area contributed by atoms with E-state index in [0.717, 1.165) is 77.2 Å². The van der Waals surface area contributed by atoms with Crippen molar-refractivity contribution >= 4 is 17.8 Å². The molecule has 0 aromatic heterocycles. The first-order valence-electron chi connectivity index (χ1n) is 14.3. The standard InChI is InChI=1S/C27H45N5O3/c1-2-29-12-7-20(8-13-29)6-11-28-26(34)22-9-14-30(15-10-22)27(35)31-17-21-16-23(19-31)24-4-3-5-25(33)32(24)18-21/h20-24H,2-19H2,1H3,(H,28,34)/t21-,23+,24+/m0/s1. The predicted octanol–water partition coefficient (Wildman–Crippen LogP) is 2.39. The van der Waals surface area contributed by atoms with Gasteiger partial charge < -0.3 is 24.9 Å². The molecule has 1 N–H and O–H groups in total. The zero-order valence-corrected chi connectivity index (χ0v) is 21.6. The van der Waals surface area contributed by atoms with Crippen molar-refractivity contribution in [3.05, 3.63) is 0 Å². The molecule has 8 heteroatoms. The van der Waals surface area contributed by atoms with Crippen LogP contribution in [-0.4, -0.2) is 102 Å². The summed E-state index contributed by atoms with van der Waals surface area (Å²) >= 11 is 0. The second kappa shape index (κ2) is 11.1. The van der Waals surface area contributed by atoms with E-state index in [-0.39, 0.29) is 17.9 Å². The van der Waals surface area contributed by atoms with Crippen LogP contribution in [0.3, 0.4) is 0 Å². The number of likely N-dealkylation sites (tertiary alicyclic amines) is 3. The van der Waals surface area contributed by atoms with E-state index >= 15 is 0 Å². The fraction of sp³-hybridized carbons (Fsp3) is 0.889. The molecule has 8 nitrogen and oxygen atoms in total. The van der Waals surface area contributed by atoms with E-state index in [1.54, 1.807) is 0 Å². The smallest absolute Gasteiger partial charge is 0.320 e. The van der Waals surface area contributed by atoms with E-state index in [2.05, 4.69) is 26.9 Å². The van der Waals surface area contributed by atoms with Crippen molar-refractivity contribution in [2.75, 3.05) is 58.9 Å². The lowest BCUT2D eigenvalue weighted by molar-refractivity contribution is -0.144. The molecule has 5 rings (SSSR count). The molecule has 5 aliphatic rings. The van der Waals surface area contributed by atoms with Crippen molar-refractivity contribution in [3.8, 4) is 0 Å². The summed E-state index contributed by atoms with van der Waals surface area (Å²) in [6.45, 7) is 10.3. The topological polar surface area (TPSA) is 76.2 Å². The number of rotatable bonds is 5. The lowest BCUT2D eigenvalue weighted by Crippen LogP contribution is -2.62. The maximum Gasteiger partial charge on any atom is 0.320 e. The average molecular weight is 488 g/mol. The maximum atomic E-state index is 13.3. The largest absolute Gasteiger partial charge is 0.356 e. The Balaban J connectivity index is 1.03. The number of piperidine rings is 5. The molecular formula is C27H45N5O3. The van der Waals surface area contributed by atoms with Gasteiger partial charge in [-0.05, 0) is 88.8 Å². The molecule has 0 saturated carbocycles. The van der Waals surface area contributed by atoms with E-state index in [4.69, 9.17) is 0 Å². The number of urea groups is 1. The normalized spacial score (nSPS) is 30.8. The molecule has 4 amide bonds. The molecule has 2 bridgehead atoms. The molecule has 0 aromatic rings. The van der Waals surface area contributed by atoms with Gasteiger partial charge in [-0.15, -0.1) is 0 Å². The summed E-state index contributed by atoms with van der Waals surface area (Å²) in [5.74, 6) is 2.10. The van der Waals surface area contributed by atoms with Crippen LogP contribution in [0, 0.1) is 23.7 Å². The number of carbonyl (C=O) groups is 3. The van der Waals surface area contributed by atoms with E-state index in [1.165, 1.54) is 25.9 Å². The number of hydrogen-bond donors (Lipinski definition) is 1. The third-order valence-corrected chi connectivity index (χ3v) is 9.59. The summed E-state index contributed by atoms with van der Waals surface area (Å²) in [6, 6.07) is 0.476. The van der Waals surface area contributed by atoms with Crippen molar-refractivity contribution < 1.29 is 14.4 Å². The third-order valence-electron chi connectivity index (χ3n) is 9.59. The van der Waals surface area contributed by atoms with Gasteiger partial charge in [0, 0.05) is 57.6 Å². The lowest BCUT2D eigenvalue weighted by Gasteiger charge is -2.53. The predicted molar refractivity (Wildman–Crippen MR) is 135 cm³/mol. The van der Waals surface area contributed by atoms with Crippen LogP contribution in [-0.2, 0) is 9.59 Å². The monoisotopic (exact) mass is 487 g/mol. The van der Waals surface area contributed by atoms with Crippen molar-refractivity contribution in [2.24, 2.45) is 23.7 Å². The van der Waals surface area contributed by atoms with Crippen molar-refractivity contribution in [1.82, 2.24) is 24.9 Å². The minimum absolute atomic E-state index is 0.0311. The van der Waals surface area contributed by atoms with Gasteiger partial charge in [0.15, 0.2) is 0 Å². The minimum Gasteiger partial charge on any atom is -0.356 e. The Morgan fingerprint density at radius 1 is 0.943 bits per heavy atom. The SMILES string of the molecule is CCN1CCC(CCNC(=O)C2CCN(C(=O)N3C[C@@H]4C[C@H](C3)[C@H]3CCCC(=O)N3C4)CC2)CC1. The molecule has 0 radical (unpaired) electrons. The summed E-state index contributed by atoms with van der Waals surface area (Å²) in [4.78, 5) is 47.1. The van der Waals surface area contributed by atoms with Crippen LogP contribution in [0.4, 0.5) is 4.79 Å². The van der Waals surface area contributed by atoms with Crippen LogP contribution in [0.5, 0.6) is 0 Å². The molecule has 3 atom stereocenters. The fourth-order valence-corrected chi connectivity index (χ4v) is 7.43. The maximum absolute atomic E-state index is 13.3. The second-order valence-corrected chi connectivity index (χ2v) is 11.8. The van der Waals surface area contributed by atoms with Crippen LogP contribution in [0.25, 0.3) is 0 Å². The molecule has 0 spiro atoms. The highest BCUT2D eigenvalue weighted by Gasteiger charge is 2.45. The Morgan fingerprint density at radius 3 is 2.46 bits per heavy atom. The van der Waals surface area contributed by atoms with Gasteiger partial charge in [0.2, 0.25) is 11.8 Å². The molecule has 196 valence electrons. The lowest BCUT2D eigenvalue weighted by atomic mass is 9.76. The first-order chi connectivity index (χ1) is 17.0. The second-order valence-electron chi connectivity index (χ2n) is 11.8. The molecule has 5 fully saturated rings.